The molecule has 1 aromatic heterocycles. The molecule has 116 valence electrons. The molecule has 0 radical (unpaired) electrons. The fourth-order valence-electron chi connectivity index (χ4n) is 2.97. The molecule has 5 nitrogen and oxygen atoms in total. The Morgan fingerprint density at radius 3 is 2.52 bits per heavy atom. The smallest absolute Gasteiger partial charge is 0.136 e. The largest absolute Gasteiger partial charge is 0.370 e. The van der Waals surface area contributed by atoms with Gasteiger partial charge in [-0.25, -0.2) is 9.97 Å². The lowest BCUT2D eigenvalue weighted by Gasteiger charge is -2.15. The van der Waals surface area contributed by atoms with Crippen LogP contribution in [0.5, 0.6) is 0 Å². The van der Waals surface area contributed by atoms with Crippen LogP contribution in [0.25, 0.3) is 0 Å². The van der Waals surface area contributed by atoms with Gasteiger partial charge >= 0.3 is 0 Å². The highest BCUT2D eigenvalue weighted by Crippen LogP contribution is 2.38. The van der Waals surface area contributed by atoms with Crippen molar-refractivity contribution in [2.45, 2.75) is 39.0 Å². The minimum atomic E-state index is 0.589. The normalized spacial score (nSPS) is 22.5. The average molecular weight is 289 g/mol. The molecule has 2 heterocycles. The Kier molecular flexibility index (Phi) is 4.58. The zero-order chi connectivity index (χ0) is 14.7. The van der Waals surface area contributed by atoms with Crippen LogP contribution in [0.4, 0.5) is 11.6 Å². The maximum Gasteiger partial charge on any atom is 0.136 e. The summed E-state index contributed by atoms with van der Waals surface area (Å²) in [5, 5.41) is 6.85. The van der Waals surface area contributed by atoms with Crippen LogP contribution in [0.2, 0.25) is 0 Å². The van der Waals surface area contributed by atoms with Gasteiger partial charge in [-0.15, -0.1) is 0 Å². The first-order chi connectivity index (χ1) is 10.3. The summed E-state index contributed by atoms with van der Waals surface area (Å²) >= 11 is 0. The average Bonchev–Trinajstić information content (AvgIpc) is 3.24. The highest BCUT2D eigenvalue weighted by Gasteiger charge is 2.27. The molecular weight excluding hydrogens is 262 g/mol. The van der Waals surface area contributed by atoms with Crippen molar-refractivity contribution in [3.63, 3.8) is 0 Å². The van der Waals surface area contributed by atoms with Crippen molar-refractivity contribution in [1.82, 2.24) is 14.9 Å². The molecule has 1 aromatic rings. The third-order valence-corrected chi connectivity index (χ3v) is 4.43. The number of anilines is 2. The molecular formula is C16H27N5. The molecule has 0 aromatic carbocycles. The molecule has 0 spiro atoms. The zero-order valence-electron chi connectivity index (χ0n) is 13.2. The molecule has 1 atom stereocenters. The molecule has 2 fully saturated rings. The number of hydrogen-bond acceptors (Lipinski definition) is 5. The van der Waals surface area contributed by atoms with Gasteiger partial charge in [0.1, 0.15) is 17.5 Å². The van der Waals surface area contributed by atoms with Crippen molar-refractivity contribution in [1.29, 1.82) is 0 Å². The molecule has 5 heteroatoms. The summed E-state index contributed by atoms with van der Waals surface area (Å²) in [6.45, 7) is 9.87. The third-order valence-electron chi connectivity index (χ3n) is 4.43. The van der Waals surface area contributed by atoms with Gasteiger partial charge in [0, 0.05) is 31.6 Å². The highest BCUT2D eigenvalue weighted by atomic mass is 15.2. The second kappa shape index (κ2) is 6.60. The van der Waals surface area contributed by atoms with Gasteiger partial charge in [-0.2, -0.15) is 0 Å². The summed E-state index contributed by atoms with van der Waals surface area (Å²) in [7, 11) is 0. The standard InChI is InChI=1S/C16H27N5/c1-3-17-14-9-15(20-16(19-14)13-5-6-13)18-10-12-7-8-21(4-2)11-12/h9,12-13H,3-8,10-11H2,1-2H3,(H2,17,18,19,20). The van der Waals surface area contributed by atoms with Crippen LogP contribution < -0.4 is 10.6 Å². The lowest BCUT2D eigenvalue weighted by Crippen LogP contribution is -2.22. The van der Waals surface area contributed by atoms with Crippen LogP contribution in [-0.4, -0.2) is 47.6 Å². The van der Waals surface area contributed by atoms with E-state index in [1.165, 1.54) is 38.9 Å². The first-order valence-corrected chi connectivity index (χ1v) is 8.37. The first-order valence-electron chi connectivity index (χ1n) is 8.37. The number of nitrogens with one attached hydrogen (secondary N) is 2. The van der Waals surface area contributed by atoms with Gasteiger partial charge in [0.05, 0.1) is 0 Å². The molecule has 21 heavy (non-hydrogen) atoms. The summed E-state index contributed by atoms with van der Waals surface area (Å²) in [5.74, 6) is 4.28. The number of hydrogen-bond donors (Lipinski definition) is 2. The molecule has 2 N–H and O–H groups in total. The molecule has 0 bridgehead atoms. The van der Waals surface area contributed by atoms with Crippen molar-refractivity contribution in [2.75, 3.05) is 43.4 Å². The van der Waals surface area contributed by atoms with Crippen LogP contribution in [0.15, 0.2) is 6.07 Å². The molecule has 1 saturated carbocycles. The van der Waals surface area contributed by atoms with Crippen molar-refractivity contribution >= 4 is 11.6 Å². The van der Waals surface area contributed by atoms with Gasteiger partial charge < -0.3 is 15.5 Å². The van der Waals surface area contributed by atoms with Crippen molar-refractivity contribution < 1.29 is 0 Å². The van der Waals surface area contributed by atoms with Gasteiger partial charge in [-0.3, -0.25) is 0 Å². The van der Waals surface area contributed by atoms with Crippen molar-refractivity contribution in [3.8, 4) is 0 Å². The van der Waals surface area contributed by atoms with Gasteiger partial charge in [0.2, 0.25) is 0 Å². The number of nitrogens with zero attached hydrogens (tertiary/aromatic N) is 3. The van der Waals surface area contributed by atoms with Crippen LogP contribution >= 0.6 is 0 Å². The zero-order valence-corrected chi connectivity index (χ0v) is 13.2. The molecule has 3 rings (SSSR count). The van der Waals surface area contributed by atoms with Gasteiger partial charge in [0.15, 0.2) is 0 Å². The van der Waals surface area contributed by atoms with Crippen LogP contribution in [0.1, 0.15) is 44.9 Å². The Hall–Kier alpha value is -1.36. The van der Waals surface area contributed by atoms with E-state index < -0.39 is 0 Å². The quantitative estimate of drug-likeness (QED) is 0.808. The summed E-state index contributed by atoms with van der Waals surface area (Å²) in [4.78, 5) is 11.8. The molecule has 1 aliphatic carbocycles. The topological polar surface area (TPSA) is 53.1 Å². The van der Waals surface area contributed by atoms with E-state index in [0.29, 0.717) is 5.92 Å². The van der Waals surface area contributed by atoms with Crippen LogP contribution in [0.3, 0.4) is 0 Å². The van der Waals surface area contributed by atoms with E-state index in [2.05, 4.69) is 34.4 Å². The lowest BCUT2D eigenvalue weighted by molar-refractivity contribution is 0.345. The molecule has 1 unspecified atom stereocenters. The molecule has 1 aliphatic heterocycles. The maximum absolute atomic E-state index is 4.70. The van der Waals surface area contributed by atoms with Crippen LogP contribution in [0, 0.1) is 5.92 Å². The maximum atomic E-state index is 4.70. The second-order valence-corrected chi connectivity index (χ2v) is 6.23. The highest BCUT2D eigenvalue weighted by molar-refractivity contribution is 5.48. The van der Waals surface area contributed by atoms with E-state index in [-0.39, 0.29) is 0 Å². The second-order valence-electron chi connectivity index (χ2n) is 6.23. The Labute approximate surface area is 127 Å². The molecule has 1 saturated heterocycles. The third kappa shape index (κ3) is 3.84. The summed E-state index contributed by atoms with van der Waals surface area (Å²) in [6.07, 6.45) is 3.77. The minimum Gasteiger partial charge on any atom is -0.370 e. The summed E-state index contributed by atoms with van der Waals surface area (Å²) in [6, 6.07) is 2.04. The number of rotatable bonds is 7. The van der Waals surface area contributed by atoms with E-state index in [4.69, 9.17) is 4.98 Å². The van der Waals surface area contributed by atoms with E-state index in [9.17, 15) is 0 Å². The fraction of sp³-hybridized carbons (Fsp3) is 0.750. The Morgan fingerprint density at radius 2 is 1.90 bits per heavy atom. The van der Waals surface area contributed by atoms with Crippen molar-refractivity contribution in [3.05, 3.63) is 11.9 Å². The van der Waals surface area contributed by atoms with Gasteiger partial charge in [-0.05, 0) is 45.2 Å². The lowest BCUT2D eigenvalue weighted by atomic mass is 10.1. The Balaban J connectivity index is 1.61. The number of aromatic nitrogens is 2. The van der Waals surface area contributed by atoms with Crippen molar-refractivity contribution in [2.24, 2.45) is 5.92 Å². The number of likely N-dealkylation sites (tertiary alicyclic amines) is 1. The van der Waals surface area contributed by atoms with E-state index in [1.807, 2.05) is 6.07 Å². The molecule has 2 aliphatic rings. The SMILES string of the molecule is CCNc1cc(NCC2CCN(CC)C2)nc(C2CC2)n1. The predicted octanol–water partition coefficient (Wildman–Crippen LogP) is 2.54. The summed E-state index contributed by atoms with van der Waals surface area (Å²) in [5.41, 5.74) is 0. The van der Waals surface area contributed by atoms with Crippen LogP contribution in [-0.2, 0) is 0 Å². The predicted molar refractivity (Wildman–Crippen MR) is 86.9 cm³/mol. The van der Waals surface area contributed by atoms with Gasteiger partial charge in [0.25, 0.3) is 0 Å². The Bertz CT molecular complexity index is 472. The summed E-state index contributed by atoms with van der Waals surface area (Å²) < 4.78 is 0. The van der Waals surface area contributed by atoms with E-state index in [0.717, 1.165) is 36.5 Å². The first kappa shape index (κ1) is 14.6. The minimum absolute atomic E-state index is 0.589. The van der Waals surface area contributed by atoms with Gasteiger partial charge in [-0.1, -0.05) is 6.92 Å². The Morgan fingerprint density at radius 1 is 1.14 bits per heavy atom. The molecule has 0 amide bonds. The monoisotopic (exact) mass is 289 g/mol. The van der Waals surface area contributed by atoms with E-state index in [1.54, 1.807) is 0 Å². The fourth-order valence-corrected chi connectivity index (χ4v) is 2.97. The van der Waals surface area contributed by atoms with E-state index >= 15 is 0 Å².